The maximum Gasteiger partial charge on any atom is 0.410 e. The zero-order valence-corrected chi connectivity index (χ0v) is 36.2. The van der Waals surface area contributed by atoms with E-state index < -0.39 is 17.6 Å². The van der Waals surface area contributed by atoms with E-state index in [4.69, 9.17) is 14.2 Å². The predicted molar refractivity (Wildman–Crippen MR) is 213 cm³/mol. The molecule has 54 heavy (non-hydrogen) atoms. The topological polar surface area (TPSA) is 94.2 Å². The summed E-state index contributed by atoms with van der Waals surface area (Å²) in [5.41, 5.74) is 1.39. The minimum absolute atomic E-state index is 0.00589. The maximum atomic E-state index is 14.2. The number of carbonyl (C=O) groups is 3. The van der Waals surface area contributed by atoms with Crippen molar-refractivity contribution in [3.8, 4) is 0 Å². The molecule has 1 N–H and O–H groups in total. The van der Waals surface area contributed by atoms with Crippen molar-refractivity contribution in [1.82, 2.24) is 10.2 Å². The molecule has 1 aliphatic heterocycles. The summed E-state index contributed by atoms with van der Waals surface area (Å²) in [6, 6.07) is -0.193. The number of nitrogens with zero attached hydrogens (tertiary/aromatic N) is 1. The summed E-state index contributed by atoms with van der Waals surface area (Å²) in [6.07, 6.45) is 12.5. The number of allylic oxidation sites excluding steroid dienone is 1. The van der Waals surface area contributed by atoms with E-state index in [1.165, 1.54) is 37.7 Å². The van der Waals surface area contributed by atoms with Gasteiger partial charge in [-0.2, -0.15) is 0 Å². The molecule has 8 heteroatoms. The van der Waals surface area contributed by atoms with E-state index in [1.54, 1.807) is 18.9 Å². The predicted octanol–water partition coefficient (Wildman–Crippen LogP) is 9.74. The Labute approximate surface area is 328 Å². The smallest absolute Gasteiger partial charge is 0.410 e. The van der Waals surface area contributed by atoms with Gasteiger partial charge in [-0.1, -0.05) is 53.7 Å². The van der Waals surface area contributed by atoms with Crippen molar-refractivity contribution in [3.05, 3.63) is 12.2 Å². The van der Waals surface area contributed by atoms with Crippen LogP contribution in [-0.2, 0) is 23.8 Å². The molecule has 2 amide bonds. The van der Waals surface area contributed by atoms with Crippen LogP contribution in [0.3, 0.4) is 0 Å². The number of methoxy groups -OCH3 is 1. The van der Waals surface area contributed by atoms with Crippen LogP contribution < -0.4 is 5.32 Å². The Morgan fingerprint density at radius 2 is 1.57 bits per heavy atom. The van der Waals surface area contributed by atoms with Crippen LogP contribution in [0.5, 0.6) is 0 Å². The molecule has 0 aromatic heterocycles. The number of ether oxygens (including phenoxy) is 3. The van der Waals surface area contributed by atoms with Crippen molar-refractivity contribution < 1.29 is 28.6 Å². The van der Waals surface area contributed by atoms with Crippen LogP contribution in [0.25, 0.3) is 0 Å². The van der Waals surface area contributed by atoms with Crippen molar-refractivity contribution >= 4 is 18.0 Å². The normalized spacial score (nSPS) is 42.4. The fraction of sp³-hybridized carbons (Fsp3) is 0.891. The minimum Gasteiger partial charge on any atom is -0.462 e. The molecular formula is C46H76N2O6. The molecule has 8 nitrogen and oxygen atoms in total. The summed E-state index contributed by atoms with van der Waals surface area (Å²) in [4.78, 5) is 41.2. The van der Waals surface area contributed by atoms with Gasteiger partial charge in [0.25, 0.3) is 0 Å². The largest absolute Gasteiger partial charge is 0.462 e. The fourth-order valence-corrected chi connectivity index (χ4v) is 14.9. The fourth-order valence-electron chi connectivity index (χ4n) is 14.9. The highest BCUT2D eigenvalue weighted by molar-refractivity contribution is 5.79. The van der Waals surface area contributed by atoms with Gasteiger partial charge in [-0.3, -0.25) is 9.59 Å². The third-order valence-electron chi connectivity index (χ3n) is 17.6. The van der Waals surface area contributed by atoms with Gasteiger partial charge < -0.3 is 24.4 Å². The lowest BCUT2D eigenvalue weighted by molar-refractivity contribution is -0.249. The van der Waals surface area contributed by atoms with Crippen molar-refractivity contribution in [1.29, 1.82) is 0 Å². The number of esters is 1. The number of amides is 2. The van der Waals surface area contributed by atoms with Crippen molar-refractivity contribution in [3.63, 3.8) is 0 Å². The summed E-state index contributed by atoms with van der Waals surface area (Å²) in [7, 11) is 1.67. The molecule has 0 radical (unpaired) electrons. The monoisotopic (exact) mass is 753 g/mol. The van der Waals surface area contributed by atoms with Crippen molar-refractivity contribution in [2.45, 2.75) is 177 Å². The summed E-state index contributed by atoms with van der Waals surface area (Å²) in [6.45, 7) is 30.0. The first kappa shape index (κ1) is 41.5. The lowest BCUT2D eigenvalue weighted by Gasteiger charge is -2.73. The van der Waals surface area contributed by atoms with Crippen LogP contribution in [0.15, 0.2) is 12.2 Å². The van der Waals surface area contributed by atoms with Gasteiger partial charge in [0.2, 0.25) is 5.91 Å². The number of hydrogen-bond donors (Lipinski definition) is 1. The van der Waals surface area contributed by atoms with Crippen LogP contribution in [0.1, 0.15) is 153 Å². The first-order valence-corrected chi connectivity index (χ1v) is 21.7. The number of nitrogens with one attached hydrogen (secondary N) is 1. The molecule has 306 valence electrons. The number of rotatable bonds is 8. The average Bonchev–Trinajstić information content (AvgIpc) is 3.71. The molecule has 0 aromatic carbocycles. The number of hydrogen-bond acceptors (Lipinski definition) is 6. The second kappa shape index (κ2) is 14.4. The Bertz CT molecular complexity index is 1470. The highest BCUT2D eigenvalue weighted by Crippen LogP contribution is 2.77. The van der Waals surface area contributed by atoms with Gasteiger partial charge in [0, 0.05) is 32.5 Å². The second-order valence-corrected chi connectivity index (χ2v) is 21.6. The molecule has 1 saturated heterocycles. The molecule has 1 heterocycles. The van der Waals surface area contributed by atoms with E-state index in [0.29, 0.717) is 42.7 Å². The summed E-state index contributed by atoms with van der Waals surface area (Å²) >= 11 is 0. The Morgan fingerprint density at radius 1 is 0.870 bits per heavy atom. The van der Waals surface area contributed by atoms with Gasteiger partial charge in [0.05, 0.1) is 18.1 Å². The summed E-state index contributed by atoms with van der Waals surface area (Å²) in [5, 5.41) is 3.52. The van der Waals surface area contributed by atoms with E-state index in [2.05, 4.69) is 53.4 Å². The summed E-state index contributed by atoms with van der Waals surface area (Å²) < 4.78 is 17.8. The summed E-state index contributed by atoms with van der Waals surface area (Å²) in [5.74, 6) is 2.20. The quantitative estimate of drug-likeness (QED) is 0.196. The van der Waals surface area contributed by atoms with E-state index in [1.807, 2.05) is 27.7 Å². The molecule has 0 aromatic rings. The molecule has 5 saturated carbocycles. The Morgan fingerprint density at radius 3 is 2.20 bits per heavy atom. The third-order valence-corrected chi connectivity index (χ3v) is 17.6. The van der Waals surface area contributed by atoms with Crippen LogP contribution in [0.2, 0.25) is 0 Å². The molecule has 6 fully saturated rings. The van der Waals surface area contributed by atoms with Gasteiger partial charge in [-0.25, -0.2) is 4.79 Å². The van der Waals surface area contributed by atoms with Crippen molar-refractivity contribution in [2.75, 3.05) is 20.2 Å². The highest BCUT2D eigenvalue weighted by Gasteiger charge is 2.71. The Hall–Kier alpha value is -2.09. The standard InChI is InChI=1S/C46H76N2O6/c1-28(2)31-18-23-46(27-47-39(50)29(3)38(52-13)33-15-14-26-48(33)40(51)54-41(5,6)7)25-24-44(11)32(37(31)46)16-17-35-43(10)21-20-36(53-30(4)49)42(8,9)34(43)19-22-45(35,44)12/h29,31-38H,1,14-27H2,2-13H3,(H,47,50)/t29-,31+,32?,33?,34?,35?,36+,37?,38-,43+,44-,45-,46-/m1/s1. The zero-order valence-electron chi connectivity index (χ0n) is 36.2. The van der Waals surface area contributed by atoms with E-state index in [9.17, 15) is 14.4 Å². The lowest BCUT2D eigenvalue weighted by atomic mass is 9.32. The molecule has 0 spiro atoms. The average molecular weight is 753 g/mol. The molecule has 5 unspecified atom stereocenters. The van der Waals surface area contributed by atoms with Gasteiger partial charge >= 0.3 is 12.1 Å². The van der Waals surface area contributed by atoms with Crippen LogP contribution in [0.4, 0.5) is 4.79 Å². The van der Waals surface area contributed by atoms with Gasteiger partial charge in [0.15, 0.2) is 0 Å². The first-order valence-electron chi connectivity index (χ1n) is 21.7. The SMILES string of the molecule is C=C(C)[C@@H]1CC[C@]2(CNC(=O)[C@H](C)[C@@H](OC)C3CCCN3C(=O)OC(C)(C)C)CC[C@]3(C)C(CCC4[C@@]5(C)CC[C@H](OC(C)=O)C(C)(C)C5CC[C@]43C)C12. The number of fused-ring (bicyclic) bond motifs is 7. The molecule has 6 rings (SSSR count). The van der Waals surface area contributed by atoms with Gasteiger partial charge in [-0.15, -0.1) is 0 Å². The number of likely N-dealkylation sites (tertiary alicyclic amines) is 1. The van der Waals surface area contributed by atoms with Crippen LogP contribution in [0, 0.1) is 62.6 Å². The van der Waals surface area contributed by atoms with Crippen molar-refractivity contribution in [2.24, 2.45) is 62.6 Å². The lowest BCUT2D eigenvalue weighted by Crippen LogP contribution is -2.67. The van der Waals surface area contributed by atoms with Crippen LogP contribution in [-0.4, -0.2) is 66.9 Å². The van der Waals surface area contributed by atoms with Crippen LogP contribution >= 0.6 is 0 Å². The second-order valence-electron chi connectivity index (χ2n) is 21.6. The molecule has 0 bridgehead atoms. The zero-order chi connectivity index (χ0) is 39.8. The van der Waals surface area contributed by atoms with E-state index in [-0.39, 0.29) is 57.2 Å². The first-order chi connectivity index (χ1) is 25.1. The molecule has 6 aliphatic rings. The molecular weight excluding hydrogens is 677 g/mol. The Balaban J connectivity index is 1.21. The molecule has 13 atom stereocenters. The van der Waals surface area contributed by atoms with Gasteiger partial charge in [-0.05, 0) is 156 Å². The van der Waals surface area contributed by atoms with Gasteiger partial charge in [0.1, 0.15) is 11.7 Å². The third kappa shape index (κ3) is 6.66. The highest BCUT2D eigenvalue weighted by atomic mass is 16.6. The van der Waals surface area contributed by atoms with E-state index in [0.717, 1.165) is 44.9 Å². The minimum atomic E-state index is -0.582. The van der Waals surface area contributed by atoms with E-state index >= 15 is 0 Å². The number of carbonyl (C=O) groups excluding carboxylic acids is 3. The molecule has 5 aliphatic carbocycles. The Kier molecular flexibility index (Phi) is 11.1. The maximum absolute atomic E-state index is 14.2.